The smallest absolute Gasteiger partial charge is 0.169 e. The zero-order valence-electron chi connectivity index (χ0n) is 11.9. The van der Waals surface area contributed by atoms with Gasteiger partial charge in [0, 0.05) is 12.0 Å². The summed E-state index contributed by atoms with van der Waals surface area (Å²) in [5.41, 5.74) is -0.298. The molecule has 0 saturated heterocycles. The molecule has 0 amide bonds. The lowest BCUT2D eigenvalue weighted by Crippen LogP contribution is -2.31. The van der Waals surface area contributed by atoms with Crippen molar-refractivity contribution in [3.8, 4) is 0 Å². The van der Waals surface area contributed by atoms with Gasteiger partial charge in [0.15, 0.2) is 17.4 Å². The van der Waals surface area contributed by atoms with Gasteiger partial charge < -0.3 is 0 Å². The molecule has 3 atom stereocenters. The summed E-state index contributed by atoms with van der Waals surface area (Å²) in [5, 5.41) is 0. The molecule has 0 aromatic heterocycles. The van der Waals surface area contributed by atoms with E-state index in [1.165, 1.54) is 19.3 Å². The maximum Gasteiger partial charge on any atom is 0.169 e. The average molecular weight is 296 g/mol. The number of hydrogen-bond acceptors (Lipinski definition) is 1. The molecule has 0 heterocycles. The summed E-state index contributed by atoms with van der Waals surface area (Å²) in [6.07, 6.45) is 7.31. The normalized spacial score (nSPS) is 29.0. The average Bonchev–Trinajstić information content (AvgIpc) is 2.50. The Morgan fingerprint density at radius 2 is 1.52 bits per heavy atom. The third-order valence-electron chi connectivity index (χ3n) is 5.19. The summed E-state index contributed by atoms with van der Waals surface area (Å²) in [5.74, 6) is -2.75. The van der Waals surface area contributed by atoms with Crippen LogP contribution in [0.5, 0.6) is 0 Å². The Morgan fingerprint density at radius 3 is 2.29 bits per heavy atom. The fourth-order valence-electron chi connectivity index (χ4n) is 4.04. The molecular weight excluding hydrogens is 277 g/mol. The van der Waals surface area contributed by atoms with Gasteiger partial charge in [-0.25, -0.2) is 13.2 Å². The minimum Gasteiger partial charge on any atom is -0.294 e. The highest BCUT2D eigenvalue weighted by atomic mass is 19.2. The van der Waals surface area contributed by atoms with Crippen LogP contribution in [0.4, 0.5) is 13.2 Å². The number of fused-ring (bicyclic) bond motifs is 1. The molecule has 0 spiro atoms. The Kier molecular flexibility index (Phi) is 4.05. The van der Waals surface area contributed by atoms with Crippen molar-refractivity contribution in [2.45, 2.75) is 44.9 Å². The quantitative estimate of drug-likeness (QED) is 0.561. The first-order valence-electron chi connectivity index (χ1n) is 7.75. The van der Waals surface area contributed by atoms with Crippen molar-refractivity contribution in [2.24, 2.45) is 17.8 Å². The monoisotopic (exact) mass is 296 g/mol. The van der Waals surface area contributed by atoms with Gasteiger partial charge in [-0.15, -0.1) is 0 Å². The van der Waals surface area contributed by atoms with Gasteiger partial charge in [0.1, 0.15) is 5.82 Å². The third kappa shape index (κ3) is 2.85. The van der Waals surface area contributed by atoms with Gasteiger partial charge in [0.25, 0.3) is 0 Å². The summed E-state index contributed by atoms with van der Waals surface area (Å²) in [7, 11) is 0. The first-order valence-corrected chi connectivity index (χ1v) is 7.75. The Bertz CT molecular complexity index is 555. The van der Waals surface area contributed by atoms with E-state index in [-0.39, 0.29) is 17.3 Å². The number of carbonyl (C=O) groups excluding carboxylic acids is 1. The lowest BCUT2D eigenvalue weighted by molar-refractivity contribution is 0.0759. The van der Waals surface area contributed by atoms with E-state index in [4.69, 9.17) is 0 Å². The number of benzene rings is 1. The van der Waals surface area contributed by atoms with E-state index in [2.05, 4.69) is 0 Å². The summed E-state index contributed by atoms with van der Waals surface area (Å²) in [4.78, 5) is 12.4. The second-order valence-corrected chi connectivity index (χ2v) is 6.43. The maximum absolute atomic E-state index is 13.7. The van der Waals surface area contributed by atoms with E-state index >= 15 is 0 Å². The molecule has 2 fully saturated rings. The van der Waals surface area contributed by atoms with Gasteiger partial charge in [-0.3, -0.25) is 4.79 Å². The van der Waals surface area contributed by atoms with Crippen LogP contribution < -0.4 is 0 Å². The van der Waals surface area contributed by atoms with Gasteiger partial charge in [-0.2, -0.15) is 0 Å². The van der Waals surface area contributed by atoms with E-state index < -0.39 is 17.5 Å². The molecule has 3 rings (SSSR count). The predicted octanol–water partition coefficient (Wildman–Crippen LogP) is 4.89. The Hall–Kier alpha value is -1.32. The number of carbonyl (C=O) groups is 1. The number of Topliss-reactive ketones (excluding diaryl/α,β-unsaturated/α-hetero) is 1. The van der Waals surface area contributed by atoms with E-state index in [0.29, 0.717) is 24.0 Å². The third-order valence-corrected chi connectivity index (χ3v) is 5.19. The summed E-state index contributed by atoms with van der Waals surface area (Å²) < 4.78 is 40.0. The number of hydrogen-bond donors (Lipinski definition) is 0. The van der Waals surface area contributed by atoms with Crippen molar-refractivity contribution in [3.63, 3.8) is 0 Å². The van der Waals surface area contributed by atoms with Crippen molar-refractivity contribution in [2.75, 3.05) is 0 Å². The topological polar surface area (TPSA) is 17.1 Å². The molecule has 1 aromatic rings. The number of ketones is 1. The van der Waals surface area contributed by atoms with E-state index in [1.807, 2.05) is 0 Å². The van der Waals surface area contributed by atoms with Crippen LogP contribution in [0.2, 0.25) is 0 Å². The highest BCUT2D eigenvalue weighted by Crippen LogP contribution is 2.43. The zero-order chi connectivity index (χ0) is 15.0. The lowest BCUT2D eigenvalue weighted by atomic mass is 9.66. The van der Waals surface area contributed by atoms with Crippen LogP contribution in [-0.4, -0.2) is 5.78 Å². The molecular formula is C17H19F3O. The molecule has 1 aromatic carbocycles. The van der Waals surface area contributed by atoms with Gasteiger partial charge in [-0.05, 0) is 37.2 Å². The highest BCUT2D eigenvalue weighted by Gasteiger charge is 2.36. The molecule has 2 aliphatic rings. The molecule has 2 saturated carbocycles. The summed E-state index contributed by atoms with van der Waals surface area (Å²) in [6, 6.07) is 1.18. The highest BCUT2D eigenvalue weighted by molar-refractivity contribution is 5.98. The van der Waals surface area contributed by atoms with E-state index in [0.717, 1.165) is 25.7 Å². The lowest BCUT2D eigenvalue weighted by Gasteiger charge is -2.38. The van der Waals surface area contributed by atoms with Crippen LogP contribution in [-0.2, 0) is 0 Å². The van der Waals surface area contributed by atoms with Crippen LogP contribution in [0, 0.1) is 35.2 Å². The maximum atomic E-state index is 13.7. The minimum absolute atomic E-state index is 0.247. The van der Waals surface area contributed by atoms with Gasteiger partial charge in [-0.1, -0.05) is 25.7 Å². The van der Waals surface area contributed by atoms with Gasteiger partial charge >= 0.3 is 0 Å². The van der Waals surface area contributed by atoms with E-state index in [1.54, 1.807) is 0 Å². The van der Waals surface area contributed by atoms with Crippen molar-refractivity contribution in [1.29, 1.82) is 0 Å². The van der Waals surface area contributed by atoms with Crippen LogP contribution in [0.1, 0.15) is 55.3 Å². The van der Waals surface area contributed by atoms with Crippen molar-refractivity contribution in [1.82, 2.24) is 0 Å². The van der Waals surface area contributed by atoms with E-state index in [9.17, 15) is 18.0 Å². The van der Waals surface area contributed by atoms with Crippen molar-refractivity contribution >= 4 is 5.78 Å². The Balaban J connectivity index is 1.78. The molecule has 0 bridgehead atoms. The van der Waals surface area contributed by atoms with Crippen molar-refractivity contribution < 1.29 is 18.0 Å². The number of halogens is 3. The van der Waals surface area contributed by atoms with Gasteiger partial charge in [0.05, 0.1) is 5.56 Å². The second-order valence-electron chi connectivity index (χ2n) is 6.43. The first-order chi connectivity index (χ1) is 10.1. The standard InChI is InChI=1S/C17H19F3O/c18-14-9-16(20)15(19)8-13(14)17(21)12-6-5-10-3-1-2-4-11(10)7-12/h8-12H,1-7H2. The van der Waals surface area contributed by atoms with Crippen molar-refractivity contribution in [3.05, 3.63) is 35.1 Å². The van der Waals surface area contributed by atoms with Gasteiger partial charge in [0.2, 0.25) is 0 Å². The largest absolute Gasteiger partial charge is 0.294 e. The molecule has 3 unspecified atom stereocenters. The van der Waals surface area contributed by atoms with Crippen LogP contribution in [0.3, 0.4) is 0 Å². The molecule has 0 radical (unpaired) electrons. The molecule has 2 aliphatic carbocycles. The Labute approximate surface area is 122 Å². The molecule has 0 N–H and O–H groups in total. The van der Waals surface area contributed by atoms with Crippen LogP contribution >= 0.6 is 0 Å². The Morgan fingerprint density at radius 1 is 0.857 bits per heavy atom. The molecule has 0 aliphatic heterocycles. The predicted molar refractivity (Wildman–Crippen MR) is 73.4 cm³/mol. The van der Waals surface area contributed by atoms with Crippen LogP contribution in [0.25, 0.3) is 0 Å². The number of rotatable bonds is 2. The molecule has 1 nitrogen and oxygen atoms in total. The molecule has 4 heteroatoms. The SMILES string of the molecule is O=C(c1cc(F)c(F)cc1F)C1CCC2CCCCC2C1. The second kappa shape index (κ2) is 5.82. The van der Waals surface area contributed by atoms with Crippen LogP contribution in [0.15, 0.2) is 12.1 Å². The first kappa shape index (κ1) is 14.6. The molecule has 21 heavy (non-hydrogen) atoms. The summed E-state index contributed by atoms with van der Waals surface area (Å²) in [6.45, 7) is 0. The fraction of sp³-hybridized carbons (Fsp3) is 0.588. The minimum atomic E-state index is -1.25. The fourth-order valence-corrected chi connectivity index (χ4v) is 4.04. The molecule has 114 valence electrons. The zero-order valence-corrected chi connectivity index (χ0v) is 11.9. The summed E-state index contributed by atoms with van der Waals surface area (Å²) >= 11 is 0.